The molecule has 0 saturated carbocycles. The molecule has 1 amide bonds. The molecule has 28 heavy (non-hydrogen) atoms. The van der Waals surface area contributed by atoms with E-state index in [9.17, 15) is 4.79 Å². The van der Waals surface area contributed by atoms with Crippen molar-refractivity contribution in [3.05, 3.63) is 77.9 Å². The average Bonchev–Trinajstić information content (AvgIpc) is 3.26. The van der Waals surface area contributed by atoms with Gasteiger partial charge >= 0.3 is 0 Å². The Morgan fingerprint density at radius 1 is 1.07 bits per heavy atom. The van der Waals surface area contributed by atoms with Crippen LogP contribution in [0.4, 0.5) is 0 Å². The smallest absolute Gasteiger partial charge is 0.253 e. The van der Waals surface area contributed by atoms with Gasteiger partial charge in [0.15, 0.2) is 0 Å². The zero-order chi connectivity index (χ0) is 19.3. The first-order chi connectivity index (χ1) is 13.7. The molecule has 4 nitrogen and oxygen atoms in total. The van der Waals surface area contributed by atoms with E-state index in [1.54, 1.807) is 4.90 Å². The van der Waals surface area contributed by atoms with Crippen LogP contribution in [0.1, 0.15) is 28.8 Å². The second kappa shape index (κ2) is 8.44. The van der Waals surface area contributed by atoms with Gasteiger partial charge in [-0.05, 0) is 59.5 Å². The van der Waals surface area contributed by atoms with Crippen molar-refractivity contribution in [1.82, 2.24) is 4.90 Å². The molecule has 3 aromatic carbocycles. The van der Waals surface area contributed by atoms with Crippen LogP contribution < -0.4 is 4.74 Å². The Morgan fingerprint density at radius 2 is 1.86 bits per heavy atom. The standard InChI is InChI=1S/C24H25NO3/c1-25(16-18-8-9-19-5-2-3-6-21(19)15-18)24(26)20-10-12-22(13-11-20)28-17-23-7-4-14-27-23/h2-3,5-6,8-13,15,23H,4,7,14,16-17H2,1H3. The second-order valence-electron chi connectivity index (χ2n) is 7.31. The van der Waals surface area contributed by atoms with Crippen molar-refractivity contribution in [2.75, 3.05) is 20.3 Å². The number of hydrogen-bond donors (Lipinski definition) is 0. The molecule has 1 atom stereocenters. The highest BCUT2D eigenvalue weighted by molar-refractivity contribution is 5.94. The molecule has 1 unspecified atom stereocenters. The number of rotatable bonds is 6. The molecule has 1 aliphatic rings. The monoisotopic (exact) mass is 375 g/mol. The quantitative estimate of drug-likeness (QED) is 0.628. The summed E-state index contributed by atoms with van der Waals surface area (Å²) in [6.07, 6.45) is 2.34. The van der Waals surface area contributed by atoms with Crippen LogP contribution in [-0.2, 0) is 11.3 Å². The molecule has 4 rings (SSSR count). The van der Waals surface area contributed by atoms with Gasteiger partial charge in [-0.1, -0.05) is 36.4 Å². The molecule has 4 heteroatoms. The molecule has 1 fully saturated rings. The summed E-state index contributed by atoms with van der Waals surface area (Å²) in [7, 11) is 1.83. The van der Waals surface area contributed by atoms with Crippen molar-refractivity contribution in [2.24, 2.45) is 0 Å². The Bertz CT molecular complexity index is 945. The Hall–Kier alpha value is -2.85. The summed E-state index contributed by atoms with van der Waals surface area (Å²) in [6.45, 7) is 1.96. The fourth-order valence-corrected chi connectivity index (χ4v) is 3.56. The number of carbonyl (C=O) groups excluding carboxylic acids is 1. The molecular weight excluding hydrogens is 350 g/mol. The van der Waals surface area contributed by atoms with Gasteiger partial charge in [-0.2, -0.15) is 0 Å². The number of nitrogens with zero attached hydrogens (tertiary/aromatic N) is 1. The van der Waals surface area contributed by atoms with Gasteiger partial charge in [0.05, 0.1) is 6.10 Å². The highest BCUT2D eigenvalue weighted by atomic mass is 16.5. The molecule has 0 aromatic heterocycles. The number of amides is 1. The molecule has 1 aliphatic heterocycles. The minimum absolute atomic E-state index is 0.00108. The third kappa shape index (κ3) is 4.34. The lowest BCUT2D eigenvalue weighted by Crippen LogP contribution is -2.26. The number of benzene rings is 3. The maximum atomic E-state index is 12.8. The van der Waals surface area contributed by atoms with Crippen molar-refractivity contribution in [3.8, 4) is 5.75 Å². The van der Waals surface area contributed by atoms with Crippen LogP contribution in [0.15, 0.2) is 66.7 Å². The predicted molar refractivity (Wildman–Crippen MR) is 111 cm³/mol. The van der Waals surface area contributed by atoms with Gasteiger partial charge in [0.25, 0.3) is 5.91 Å². The van der Waals surface area contributed by atoms with E-state index < -0.39 is 0 Å². The second-order valence-corrected chi connectivity index (χ2v) is 7.31. The van der Waals surface area contributed by atoms with Crippen LogP contribution in [0.5, 0.6) is 5.75 Å². The molecule has 1 saturated heterocycles. The van der Waals surface area contributed by atoms with E-state index >= 15 is 0 Å². The molecule has 0 bridgehead atoms. The first-order valence-corrected chi connectivity index (χ1v) is 9.77. The van der Waals surface area contributed by atoms with Crippen molar-refractivity contribution < 1.29 is 14.3 Å². The van der Waals surface area contributed by atoms with Crippen molar-refractivity contribution >= 4 is 16.7 Å². The van der Waals surface area contributed by atoms with E-state index in [2.05, 4.69) is 30.3 Å². The third-order valence-corrected chi connectivity index (χ3v) is 5.14. The van der Waals surface area contributed by atoms with Crippen molar-refractivity contribution in [1.29, 1.82) is 0 Å². The Morgan fingerprint density at radius 3 is 2.61 bits per heavy atom. The normalized spacial score (nSPS) is 16.2. The number of fused-ring (bicyclic) bond motifs is 1. The van der Waals surface area contributed by atoms with Crippen LogP contribution >= 0.6 is 0 Å². The fraction of sp³-hybridized carbons (Fsp3) is 0.292. The van der Waals surface area contributed by atoms with Crippen LogP contribution in [0.3, 0.4) is 0 Å². The largest absolute Gasteiger partial charge is 0.491 e. The summed E-state index contributed by atoms with van der Waals surface area (Å²) in [5.41, 5.74) is 1.78. The Labute approximate surface area is 165 Å². The summed E-state index contributed by atoms with van der Waals surface area (Å²) in [6, 6.07) is 21.9. The summed E-state index contributed by atoms with van der Waals surface area (Å²) in [5, 5.41) is 2.40. The third-order valence-electron chi connectivity index (χ3n) is 5.14. The minimum Gasteiger partial charge on any atom is -0.491 e. The lowest BCUT2D eigenvalue weighted by atomic mass is 10.1. The topological polar surface area (TPSA) is 38.8 Å². The SMILES string of the molecule is CN(Cc1ccc2ccccc2c1)C(=O)c1ccc(OCC2CCCO2)cc1. The molecule has 0 N–H and O–H groups in total. The zero-order valence-corrected chi connectivity index (χ0v) is 16.1. The molecule has 1 heterocycles. The summed E-state index contributed by atoms with van der Waals surface area (Å²) >= 11 is 0. The highest BCUT2D eigenvalue weighted by Crippen LogP contribution is 2.19. The number of ether oxygens (including phenoxy) is 2. The zero-order valence-electron chi connectivity index (χ0n) is 16.1. The lowest BCUT2D eigenvalue weighted by molar-refractivity contribution is 0.0679. The Balaban J connectivity index is 1.37. The average molecular weight is 375 g/mol. The van der Waals surface area contributed by atoms with Crippen LogP contribution in [0.2, 0.25) is 0 Å². The molecular formula is C24H25NO3. The summed E-state index contributed by atoms with van der Waals surface area (Å²) < 4.78 is 11.3. The summed E-state index contributed by atoms with van der Waals surface area (Å²) in [4.78, 5) is 14.5. The first-order valence-electron chi connectivity index (χ1n) is 9.77. The van der Waals surface area contributed by atoms with Gasteiger partial charge in [-0.25, -0.2) is 0 Å². The van der Waals surface area contributed by atoms with Crippen LogP contribution in [0.25, 0.3) is 10.8 Å². The number of hydrogen-bond acceptors (Lipinski definition) is 3. The van der Waals surface area contributed by atoms with E-state index in [1.165, 1.54) is 10.8 Å². The van der Waals surface area contributed by atoms with Crippen molar-refractivity contribution in [2.45, 2.75) is 25.5 Å². The van der Waals surface area contributed by atoms with Gasteiger partial charge in [0.2, 0.25) is 0 Å². The van der Waals surface area contributed by atoms with Gasteiger partial charge in [-0.3, -0.25) is 4.79 Å². The van der Waals surface area contributed by atoms with Crippen LogP contribution in [-0.4, -0.2) is 37.2 Å². The molecule has 3 aromatic rings. The van der Waals surface area contributed by atoms with Gasteiger partial charge in [-0.15, -0.1) is 0 Å². The lowest BCUT2D eigenvalue weighted by Gasteiger charge is -2.18. The van der Waals surface area contributed by atoms with Crippen LogP contribution in [0, 0.1) is 0 Å². The molecule has 0 aliphatic carbocycles. The van der Waals surface area contributed by atoms with Gasteiger partial charge < -0.3 is 14.4 Å². The fourth-order valence-electron chi connectivity index (χ4n) is 3.56. The summed E-state index contributed by atoms with van der Waals surface area (Å²) in [5.74, 6) is 0.767. The van der Waals surface area contributed by atoms with Gasteiger partial charge in [0, 0.05) is 25.8 Å². The molecule has 0 spiro atoms. The van der Waals surface area contributed by atoms with E-state index in [4.69, 9.17) is 9.47 Å². The van der Waals surface area contributed by atoms with E-state index in [-0.39, 0.29) is 12.0 Å². The van der Waals surface area contributed by atoms with E-state index in [0.29, 0.717) is 18.7 Å². The predicted octanol–water partition coefficient (Wildman–Crippen LogP) is 4.67. The highest BCUT2D eigenvalue weighted by Gasteiger charge is 2.16. The van der Waals surface area contributed by atoms with Gasteiger partial charge in [0.1, 0.15) is 12.4 Å². The first kappa shape index (κ1) is 18.5. The molecule has 0 radical (unpaired) electrons. The Kier molecular flexibility index (Phi) is 5.58. The maximum absolute atomic E-state index is 12.8. The molecule has 144 valence electrons. The minimum atomic E-state index is -0.00108. The van der Waals surface area contributed by atoms with E-state index in [0.717, 1.165) is 30.8 Å². The maximum Gasteiger partial charge on any atom is 0.253 e. The van der Waals surface area contributed by atoms with Crippen molar-refractivity contribution in [3.63, 3.8) is 0 Å². The van der Waals surface area contributed by atoms with E-state index in [1.807, 2.05) is 43.4 Å². The number of carbonyl (C=O) groups is 1.